The van der Waals surface area contributed by atoms with Gasteiger partial charge in [-0.25, -0.2) is 4.39 Å². The summed E-state index contributed by atoms with van der Waals surface area (Å²) in [6.07, 6.45) is -1.01. The number of hydrogen-bond donors (Lipinski definition) is 1. The molecule has 0 saturated heterocycles. The minimum Gasteiger partial charge on any atom is -0.466 e. The van der Waals surface area contributed by atoms with Gasteiger partial charge in [-0.1, -0.05) is 12.1 Å². The molecule has 0 aliphatic rings. The summed E-state index contributed by atoms with van der Waals surface area (Å²) in [6, 6.07) is 4.88. The number of rotatable bonds is 2. The lowest BCUT2D eigenvalue weighted by Gasteiger charge is -2.13. The molecule has 0 radical (unpaired) electrons. The molecule has 1 heterocycles. The molecule has 0 aliphatic heterocycles. The minimum absolute atomic E-state index is 0.247. The zero-order valence-electron chi connectivity index (χ0n) is 10.4. The molecular weight excluding hydrogens is 299 g/mol. The van der Waals surface area contributed by atoms with E-state index in [1.165, 1.54) is 0 Å². The largest absolute Gasteiger partial charge is 0.466 e. The molecule has 0 saturated carbocycles. The maximum absolute atomic E-state index is 14.0. The van der Waals surface area contributed by atoms with E-state index in [9.17, 15) is 9.50 Å². The van der Waals surface area contributed by atoms with Crippen molar-refractivity contribution >= 4 is 15.9 Å². The van der Waals surface area contributed by atoms with E-state index >= 15 is 0 Å². The van der Waals surface area contributed by atoms with Crippen LogP contribution in [-0.4, -0.2) is 5.11 Å². The highest BCUT2D eigenvalue weighted by Crippen LogP contribution is 2.34. The Labute approximate surface area is 114 Å². The Hall–Kier alpha value is -1.13. The van der Waals surface area contributed by atoms with Crippen LogP contribution in [0.15, 0.2) is 27.1 Å². The summed E-state index contributed by atoms with van der Waals surface area (Å²) in [5.74, 6) is 0.927. The summed E-state index contributed by atoms with van der Waals surface area (Å²) < 4.78 is 19.8. The molecule has 0 spiro atoms. The van der Waals surface area contributed by atoms with Gasteiger partial charge in [-0.3, -0.25) is 0 Å². The molecule has 18 heavy (non-hydrogen) atoms. The Kier molecular flexibility index (Phi) is 3.59. The predicted octanol–water partition coefficient (Wildman–Crippen LogP) is 4.19. The first-order valence-corrected chi connectivity index (χ1v) is 6.41. The van der Waals surface area contributed by atoms with Gasteiger partial charge in [0.1, 0.15) is 23.4 Å². The third-order valence-electron chi connectivity index (χ3n) is 3.17. The Morgan fingerprint density at radius 3 is 2.44 bits per heavy atom. The van der Waals surface area contributed by atoms with Crippen molar-refractivity contribution in [1.82, 2.24) is 0 Å². The van der Waals surface area contributed by atoms with Gasteiger partial charge in [-0.15, -0.1) is 0 Å². The molecule has 4 heteroatoms. The first-order chi connectivity index (χ1) is 8.43. The molecule has 0 aliphatic carbocycles. The van der Waals surface area contributed by atoms with E-state index in [0.29, 0.717) is 15.8 Å². The average molecular weight is 313 g/mol. The van der Waals surface area contributed by atoms with Gasteiger partial charge in [0.25, 0.3) is 0 Å². The smallest absolute Gasteiger partial charge is 0.143 e. The summed E-state index contributed by atoms with van der Waals surface area (Å²) in [5, 5.41) is 10.4. The summed E-state index contributed by atoms with van der Waals surface area (Å²) in [6.45, 7) is 5.46. The molecule has 1 N–H and O–H groups in total. The van der Waals surface area contributed by atoms with Gasteiger partial charge < -0.3 is 9.52 Å². The second-order valence-corrected chi connectivity index (χ2v) is 5.15. The van der Waals surface area contributed by atoms with Crippen molar-refractivity contribution in [2.75, 3.05) is 0 Å². The van der Waals surface area contributed by atoms with Crippen LogP contribution in [0.2, 0.25) is 0 Å². The second-order valence-electron chi connectivity index (χ2n) is 4.30. The fraction of sp³-hybridized carbons (Fsp3) is 0.286. The van der Waals surface area contributed by atoms with E-state index in [1.54, 1.807) is 25.1 Å². The summed E-state index contributed by atoms with van der Waals surface area (Å²) in [5.41, 5.74) is 1.75. The maximum atomic E-state index is 14.0. The van der Waals surface area contributed by atoms with Crippen molar-refractivity contribution in [3.05, 3.63) is 56.7 Å². The number of aliphatic hydroxyl groups excluding tert-OH is 1. The first kappa shape index (κ1) is 13.3. The normalized spacial score (nSPS) is 12.8. The van der Waals surface area contributed by atoms with Crippen LogP contribution in [0.4, 0.5) is 4.39 Å². The molecule has 0 amide bonds. The predicted molar refractivity (Wildman–Crippen MR) is 71.1 cm³/mol. The second kappa shape index (κ2) is 4.86. The average Bonchev–Trinajstić information content (AvgIpc) is 2.56. The van der Waals surface area contributed by atoms with Crippen LogP contribution in [0.1, 0.15) is 34.3 Å². The SMILES string of the molecule is Cc1oc(C)c(C(O)c2cccc(Br)c2F)c1C. The van der Waals surface area contributed by atoms with Gasteiger partial charge in [0.2, 0.25) is 0 Å². The molecule has 96 valence electrons. The number of halogens is 2. The molecule has 0 bridgehead atoms. The Bertz CT molecular complexity index is 590. The van der Waals surface area contributed by atoms with Crippen molar-refractivity contribution in [2.45, 2.75) is 26.9 Å². The Morgan fingerprint density at radius 2 is 1.89 bits per heavy atom. The van der Waals surface area contributed by atoms with Gasteiger partial charge >= 0.3 is 0 Å². The lowest BCUT2D eigenvalue weighted by molar-refractivity contribution is 0.212. The number of furan rings is 1. The molecular formula is C14H14BrFO2. The van der Waals surface area contributed by atoms with Gasteiger partial charge in [0.05, 0.1) is 4.47 Å². The summed E-state index contributed by atoms with van der Waals surface area (Å²) >= 11 is 3.12. The molecule has 2 nitrogen and oxygen atoms in total. The Morgan fingerprint density at radius 1 is 1.22 bits per heavy atom. The molecule has 1 aromatic carbocycles. The van der Waals surface area contributed by atoms with Crippen molar-refractivity contribution < 1.29 is 13.9 Å². The molecule has 1 aromatic heterocycles. The summed E-state index contributed by atoms with van der Waals surface area (Å²) in [4.78, 5) is 0. The van der Waals surface area contributed by atoms with E-state index in [1.807, 2.05) is 13.8 Å². The van der Waals surface area contributed by atoms with E-state index in [0.717, 1.165) is 11.3 Å². The van der Waals surface area contributed by atoms with E-state index in [-0.39, 0.29) is 5.56 Å². The number of benzene rings is 1. The zero-order valence-corrected chi connectivity index (χ0v) is 12.0. The lowest BCUT2D eigenvalue weighted by atomic mass is 9.98. The number of hydrogen-bond acceptors (Lipinski definition) is 2. The van der Waals surface area contributed by atoms with Gasteiger partial charge in [0, 0.05) is 11.1 Å². The van der Waals surface area contributed by atoms with Crippen molar-refractivity contribution in [3.63, 3.8) is 0 Å². The van der Waals surface area contributed by atoms with Crippen molar-refractivity contribution in [2.24, 2.45) is 0 Å². The molecule has 1 atom stereocenters. The maximum Gasteiger partial charge on any atom is 0.143 e. The van der Waals surface area contributed by atoms with Crippen molar-refractivity contribution in [1.29, 1.82) is 0 Å². The molecule has 2 aromatic rings. The standard InChI is InChI=1S/C14H14BrFO2/c1-7-8(2)18-9(3)12(7)14(17)10-5-4-6-11(15)13(10)16/h4-6,14,17H,1-3H3. The Balaban J connectivity index is 2.54. The molecule has 0 fully saturated rings. The highest BCUT2D eigenvalue weighted by atomic mass is 79.9. The third kappa shape index (κ3) is 2.10. The van der Waals surface area contributed by atoms with Crippen LogP contribution in [-0.2, 0) is 0 Å². The van der Waals surface area contributed by atoms with Crippen LogP contribution in [0, 0.1) is 26.6 Å². The van der Waals surface area contributed by atoms with Crippen LogP contribution < -0.4 is 0 Å². The van der Waals surface area contributed by atoms with E-state index < -0.39 is 11.9 Å². The lowest BCUT2D eigenvalue weighted by Crippen LogP contribution is -2.05. The topological polar surface area (TPSA) is 33.4 Å². The fourth-order valence-electron chi connectivity index (χ4n) is 2.10. The fourth-order valence-corrected chi connectivity index (χ4v) is 2.48. The van der Waals surface area contributed by atoms with Gasteiger partial charge in [-0.05, 0) is 48.3 Å². The third-order valence-corrected chi connectivity index (χ3v) is 3.78. The van der Waals surface area contributed by atoms with E-state index in [4.69, 9.17) is 4.42 Å². The molecule has 2 rings (SSSR count). The van der Waals surface area contributed by atoms with Gasteiger partial charge in [-0.2, -0.15) is 0 Å². The van der Waals surface area contributed by atoms with Gasteiger partial charge in [0.15, 0.2) is 0 Å². The number of aryl methyl sites for hydroxylation is 2. The van der Waals surface area contributed by atoms with E-state index in [2.05, 4.69) is 15.9 Å². The van der Waals surface area contributed by atoms with Crippen LogP contribution in [0.25, 0.3) is 0 Å². The molecule has 1 unspecified atom stereocenters. The van der Waals surface area contributed by atoms with Crippen LogP contribution in [0.3, 0.4) is 0 Å². The minimum atomic E-state index is -1.01. The zero-order chi connectivity index (χ0) is 13.4. The quantitative estimate of drug-likeness (QED) is 0.902. The monoisotopic (exact) mass is 312 g/mol. The highest BCUT2D eigenvalue weighted by Gasteiger charge is 2.23. The van der Waals surface area contributed by atoms with Crippen LogP contribution in [0.5, 0.6) is 0 Å². The van der Waals surface area contributed by atoms with Crippen LogP contribution >= 0.6 is 15.9 Å². The highest BCUT2D eigenvalue weighted by molar-refractivity contribution is 9.10. The number of aliphatic hydroxyl groups is 1. The summed E-state index contributed by atoms with van der Waals surface area (Å²) in [7, 11) is 0. The first-order valence-electron chi connectivity index (χ1n) is 5.62. The van der Waals surface area contributed by atoms with Crippen molar-refractivity contribution in [3.8, 4) is 0 Å².